The summed E-state index contributed by atoms with van der Waals surface area (Å²) in [5.41, 5.74) is 4.47. The molecule has 0 saturated carbocycles. The molecule has 1 saturated heterocycles. The number of carbonyl (C=O) groups is 3. The molecule has 3 N–H and O–H groups in total. The van der Waals surface area contributed by atoms with Gasteiger partial charge in [-0.25, -0.2) is 0 Å². The molecule has 6 heteroatoms. The zero-order valence-electron chi connectivity index (χ0n) is 10.0. The van der Waals surface area contributed by atoms with E-state index in [1.54, 1.807) is 0 Å². The molecule has 17 heavy (non-hydrogen) atoms. The quantitative estimate of drug-likeness (QED) is 0.428. The van der Waals surface area contributed by atoms with Crippen LogP contribution < -0.4 is 16.2 Å². The lowest BCUT2D eigenvalue weighted by atomic mass is 10.0. The minimum absolute atomic E-state index is 0.103. The first-order valence-corrected chi connectivity index (χ1v) is 6.01. The van der Waals surface area contributed by atoms with E-state index in [0.29, 0.717) is 6.54 Å². The van der Waals surface area contributed by atoms with Crippen LogP contribution in [0.15, 0.2) is 0 Å². The van der Waals surface area contributed by atoms with E-state index >= 15 is 0 Å². The van der Waals surface area contributed by atoms with Crippen molar-refractivity contribution in [3.05, 3.63) is 0 Å². The fourth-order valence-corrected chi connectivity index (χ4v) is 1.65. The number of nitrogens with one attached hydrogen (secondary N) is 3. The predicted molar refractivity (Wildman–Crippen MR) is 61.5 cm³/mol. The Morgan fingerprint density at radius 2 is 1.88 bits per heavy atom. The van der Waals surface area contributed by atoms with Gasteiger partial charge in [-0.1, -0.05) is 19.8 Å². The van der Waals surface area contributed by atoms with Crippen LogP contribution in [0, 0.1) is 5.92 Å². The molecule has 1 aliphatic rings. The number of amides is 3. The number of rotatable bonds is 7. The summed E-state index contributed by atoms with van der Waals surface area (Å²) in [6.45, 7) is 2.76. The summed E-state index contributed by atoms with van der Waals surface area (Å²) < 4.78 is 0. The molecule has 0 aliphatic carbocycles. The Bertz CT molecular complexity index is 288. The highest BCUT2D eigenvalue weighted by Gasteiger charge is 2.32. The molecule has 0 bridgehead atoms. The van der Waals surface area contributed by atoms with Crippen LogP contribution in [0.25, 0.3) is 0 Å². The summed E-state index contributed by atoms with van der Waals surface area (Å²) >= 11 is 0. The number of carbonyl (C=O) groups excluding carboxylic acids is 3. The zero-order chi connectivity index (χ0) is 12.7. The van der Waals surface area contributed by atoms with Crippen LogP contribution in [0.4, 0.5) is 0 Å². The molecule has 96 valence electrons. The van der Waals surface area contributed by atoms with Gasteiger partial charge in [0.25, 0.3) is 11.8 Å². The third-order valence-corrected chi connectivity index (χ3v) is 2.70. The van der Waals surface area contributed by atoms with Gasteiger partial charge in [-0.05, 0) is 12.8 Å². The van der Waals surface area contributed by atoms with Crippen molar-refractivity contribution in [3.8, 4) is 0 Å². The smallest absolute Gasteiger partial charge is 0.251 e. The van der Waals surface area contributed by atoms with Crippen molar-refractivity contribution in [3.63, 3.8) is 0 Å². The highest BCUT2D eigenvalue weighted by atomic mass is 16.2. The van der Waals surface area contributed by atoms with Crippen LogP contribution in [-0.4, -0.2) is 24.3 Å². The monoisotopic (exact) mass is 241 g/mol. The number of unbranched alkanes of at least 4 members (excludes halogenated alkanes) is 2. The fraction of sp³-hybridized carbons (Fsp3) is 0.727. The molecule has 0 aromatic carbocycles. The Morgan fingerprint density at radius 1 is 1.24 bits per heavy atom. The second-order valence-corrected chi connectivity index (χ2v) is 4.13. The molecular formula is C11H19N3O3. The Labute approximate surface area is 100 Å². The first kappa shape index (κ1) is 13.5. The van der Waals surface area contributed by atoms with Crippen molar-refractivity contribution >= 4 is 17.7 Å². The van der Waals surface area contributed by atoms with Crippen molar-refractivity contribution in [2.75, 3.05) is 6.54 Å². The van der Waals surface area contributed by atoms with Gasteiger partial charge in [-0.2, -0.15) is 0 Å². The third kappa shape index (κ3) is 4.42. The minimum Gasteiger partial charge on any atom is -0.356 e. The lowest BCUT2D eigenvalue weighted by molar-refractivity contribution is -0.128. The zero-order valence-corrected chi connectivity index (χ0v) is 10.0. The summed E-state index contributed by atoms with van der Waals surface area (Å²) in [6, 6.07) is 0. The fourth-order valence-electron chi connectivity index (χ4n) is 1.65. The van der Waals surface area contributed by atoms with Gasteiger partial charge >= 0.3 is 0 Å². The van der Waals surface area contributed by atoms with Crippen molar-refractivity contribution in [2.24, 2.45) is 5.92 Å². The lowest BCUT2D eigenvalue weighted by Gasteiger charge is -2.06. The van der Waals surface area contributed by atoms with E-state index in [2.05, 4.69) is 23.1 Å². The van der Waals surface area contributed by atoms with Gasteiger partial charge in [0.2, 0.25) is 5.91 Å². The van der Waals surface area contributed by atoms with Crippen LogP contribution in [0.2, 0.25) is 0 Å². The summed E-state index contributed by atoms with van der Waals surface area (Å²) in [5, 5.41) is 2.77. The highest BCUT2D eigenvalue weighted by molar-refractivity contribution is 6.05. The normalized spacial score (nSPS) is 15.6. The second kappa shape index (κ2) is 6.88. The Hall–Kier alpha value is -1.59. The number of hydrogen-bond acceptors (Lipinski definition) is 3. The maximum absolute atomic E-state index is 11.4. The predicted octanol–water partition coefficient (Wildman–Crippen LogP) is -0.150. The van der Waals surface area contributed by atoms with Crippen molar-refractivity contribution < 1.29 is 14.4 Å². The van der Waals surface area contributed by atoms with Gasteiger partial charge in [0.15, 0.2) is 0 Å². The van der Waals surface area contributed by atoms with E-state index in [1.807, 2.05) is 0 Å². The number of hydrazine groups is 1. The molecular weight excluding hydrogens is 222 g/mol. The molecule has 0 atom stereocenters. The second-order valence-electron chi connectivity index (χ2n) is 4.13. The maximum atomic E-state index is 11.4. The van der Waals surface area contributed by atoms with Crippen molar-refractivity contribution in [1.29, 1.82) is 0 Å². The van der Waals surface area contributed by atoms with E-state index < -0.39 is 5.92 Å². The molecule has 6 nitrogen and oxygen atoms in total. The van der Waals surface area contributed by atoms with E-state index in [0.717, 1.165) is 19.3 Å². The first-order chi connectivity index (χ1) is 8.15. The highest BCUT2D eigenvalue weighted by Crippen LogP contribution is 2.10. The van der Waals surface area contributed by atoms with Gasteiger partial charge < -0.3 is 5.32 Å². The Balaban J connectivity index is 2.15. The van der Waals surface area contributed by atoms with Gasteiger partial charge in [0.1, 0.15) is 5.92 Å². The standard InChI is InChI=1S/C11H19N3O3/c1-2-3-4-7-12-9(15)6-5-8-10(16)13-14-11(8)17/h8H,2-7H2,1H3,(H,12,15)(H,13,16)(H,14,17). The average Bonchev–Trinajstić information content (AvgIpc) is 2.62. The maximum Gasteiger partial charge on any atom is 0.251 e. The molecule has 1 rings (SSSR count). The molecule has 3 amide bonds. The van der Waals surface area contributed by atoms with Gasteiger partial charge in [-0.15, -0.1) is 0 Å². The van der Waals surface area contributed by atoms with E-state index in [4.69, 9.17) is 0 Å². The van der Waals surface area contributed by atoms with Crippen LogP contribution in [0.3, 0.4) is 0 Å². The van der Waals surface area contributed by atoms with Crippen LogP contribution in [-0.2, 0) is 14.4 Å². The SMILES string of the molecule is CCCCCNC(=O)CCC1C(=O)NNC1=O. The van der Waals surface area contributed by atoms with Gasteiger partial charge in [-0.3, -0.25) is 25.2 Å². The van der Waals surface area contributed by atoms with E-state index in [-0.39, 0.29) is 30.6 Å². The van der Waals surface area contributed by atoms with Gasteiger partial charge in [0.05, 0.1) is 0 Å². The first-order valence-electron chi connectivity index (χ1n) is 6.01. The van der Waals surface area contributed by atoms with Gasteiger partial charge in [0, 0.05) is 13.0 Å². The molecule has 0 unspecified atom stereocenters. The third-order valence-electron chi connectivity index (χ3n) is 2.70. The molecule has 1 aliphatic heterocycles. The van der Waals surface area contributed by atoms with Crippen molar-refractivity contribution in [2.45, 2.75) is 39.0 Å². The largest absolute Gasteiger partial charge is 0.356 e. The minimum atomic E-state index is -0.726. The van der Waals surface area contributed by atoms with Crippen LogP contribution in [0.1, 0.15) is 39.0 Å². The molecule has 0 radical (unpaired) electrons. The van der Waals surface area contributed by atoms with Crippen LogP contribution in [0.5, 0.6) is 0 Å². The summed E-state index contributed by atoms with van der Waals surface area (Å²) in [4.78, 5) is 33.7. The average molecular weight is 241 g/mol. The molecule has 1 fully saturated rings. The van der Waals surface area contributed by atoms with E-state index in [9.17, 15) is 14.4 Å². The van der Waals surface area contributed by atoms with E-state index in [1.165, 1.54) is 0 Å². The lowest BCUT2D eigenvalue weighted by Crippen LogP contribution is -2.28. The number of hydrogen-bond donors (Lipinski definition) is 3. The Morgan fingerprint density at radius 3 is 2.47 bits per heavy atom. The molecule has 0 aromatic heterocycles. The topological polar surface area (TPSA) is 87.3 Å². The summed E-state index contributed by atoms with van der Waals surface area (Å²) in [7, 11) is 0. The Kier molecular flexibility index (Phi) is 5.45. The van der Waals surface area contributed by atoms with Crippen molar-refractivity contribution in [1.82, 2.24) is 16.2 Å². The van der Waals surface area contributed by atoms with Crippen LogP contribution >= 0.6 is 0 Å². The molecule has 1 heterocycles. The molecule has 0 spiro atoms. The summed E-state index contributed by atoms with van der Waals surface area (Å²) in [5.74, 6) is -1.53. The molecule has 0 aromatic rings. The summed E-state index contributed by atoms with van der Waals surface area (Å²) in [6.07, 6.45) is 3.63.